The fourth-order valence-corrected chi connectivity index (χ4v) is 1.53. The Kier molecular flexibility index (Phi) is 2.94. The third kappa shape index (κ3) is 3.21. The fourth-order valence-electron chi connectivity index (χ4n) is 0.912. The number of carboxylic acid groups (broad SMARTS) is 1. The van der Waals surface area contributed by atoms with Gasteiger partial charge in [0, 0.05) is 6.26 Å². The molecule has 1 heterocycles. The molecule has 0 saturated heterocycles. The highest BCUT2D eigenvalue weighted by Gasteiger charge is 2.18. The average Bonchev–Trinajstić information content (AvgIpc) is 2.47. The Morgan fingerprint density at radius 1 is 1.33 bits per heavy atom. The van der Waals surface area contributed by atoms with Crippen molar-refractivity contribution in [2.45, 2.75) is 0 Å². The molecule has 0 bridgehead atoms. The molecule has 1 aromatic heterocycles. The predicted molar refractivity (Wildman–Crippen MR) is 49.7 cm³/mol. The number of furan rings is 1. The molecule has 0 fully saturated rings. The molecule has 0 amide bonds. The van der Waals surface area contributed by atoms with Gasteiger partial charge in [-0.25, -0.2) is 13.2 Å². The lowest BCUT2D eigenvalue weighted by Gasteiger charge is -1.94. The van der Waals surface area contributed by atoms with Crippen molar-refractivity contribution < 1.29 is 27.5 Å². The SMILES string of the molecule is CS(=O)(=O)CC(=O)c1ccc(C(=O)O)o1. The van der Waals surface area contributed by atoms with E-state index in [9.17, 15) is 18.0 Å². The minimum Gasteiger partial charge on any atom is -0.475 e. The van der Waals surface area contributed by atoms with Crippen molar-refractivity contribution in [3.63, 3.8) is 0 Å². The van der Waals surface area contributed by atoms with Gasteiger partial charge in [-0.05, 0) is 12.1 Å². The average molecular weight is 232 g/mol. The van der Waals surface area contributed by atoms with Crippen LogP contribution in [0.5, 0.6) is 0 Å². The van der Waals surface area contributed by atoms with Crippen LogP contribution in [0.3, 0.4) is 0 Å². The molecule has 0 aromatic carbocycles. The molecule has 0 aliphatic rings. The van der Waals surface area contributed by atoms with E-state index in [1.54, 1.807) is 0 Å². The first-order valence-electron chi connectivity index (χ1n) is 3.83. The first-order valence-corrected chi connectivity index (χ1v) is 5.90. The van der Waals surface area contributed by atoms with Gasteiger partial charge in [0.1, 0.15) is 5.75 Å². The van der Waals surface area contributed by atoms with Crippen LogP contribution in [0.2, 0.25) is 0 Å². The molecule has 15 heavy (non-hydrogen) atoms. The summed E-state index contributed by atoms with van der Waals surface area (Å²) >= 11 is 0. The number of ketones is 1. The largest absolute Gasteiger partial charge is 0.475 e. The summed E-state index contributed by atoms with van der Waals surface area (Å²) in [5.41, 5.74) is 0. The van der Waals surface area contributed by atoms with Crippen molar-refractivity contribution >= 4 is 21.6 Å². The number of carbonyl (C=O) groups excluding carboxylic acids is 1. The molecule has 0 saturated carbocycles. The van der Waals surface area contributed by atoms with Crippen molar-refractivity contribution in [2.24, 2.45) is 0 Å². The second kappa shape index (κ2) is 3.85. The highest BCUT2D eigenvalue weighted by molar-refractivity contribution is 7.91. The van der Waals surface area contributed by atoms with Crippen LogP contribution in [0, 0.1) is 0 Å². The monoisotopic (exact) mass is 232 g/mol. The zero-order chi connectivity index (χ0) is 11.6. The van der Waals surface area contributed by atoms with E-state index in [0.717, 1.165) is 18.4 Å². The van der Waals surface area contributed by atoms with Gasteiger partial charge >= 0.3 is 5.97 Å². The molecule has 6 nitrogen and oxygen atoms in total. The van der Waals surface area contributed by atoms with Crippen LogP contribution in [0.15, 0.2) is 16.5 Å². The number of carboxylic acids is 1. The van der Waals surface area contributed by atoms with Gasteiger partial charge in [-0.15, -0.1) is 0 Å². The van der Waals surface area contributed by atoms with Gasteiger partial charge in [0.05, 0.1) is 0 Å². The van der Waals surface area contributed by atoms with Crippen LogP contribution in [0.4, 0.5) is 0 Å². The lowest BCUT2D eigenvalue weighted by Crippen LogP contribution is -2.13. The summed E-state index contributed by atoms with van der Waals surface area (Å²) in [6.45, 7) is 0. The standard InChI is InChI=1S/C8H8O6S/c1-15(12,13)4-5(9)6-2-3-7(14-6)8(10)11/h2-3H,4H2,1H3,(H,10,11). The fraction of sp³-hybridized carbons (Fsp3) is 0.250. The van der Waals surface area contributed by atoms with Crippen LogP contribution in [-0.2, 0) is 9.84 Å². The lowest BCUT2D eigenvalue weighted by atomic mass is 10.3. The molecule has 1 N–H and O–H groups in total. The van der Waals surface area contributed by atoms with E-state index in [1.807, 2.05) is 0 Å². The summed E-state index contributed by atoms with van der Waals surface area (Å²) in [5.74, 6) is -3.43. The topological polar surface area (TPSA) is 102 Å². The van der Waals surface area contributed by atoms with Gasteiger partial charge < -0.3 is 9.52 Å². The maximum atomic E-state index is 11.2. The first-order chi connectivity index (χ1) is 6.79. The molecule has 1 rings (SSSR count). The first kappa shape index (κ1) is 11.4. The number of carbonyl (C=O) groups is 2. The maximum Gasteiger partial charge on any atom is 0.371 e. The number of rotatable bonds is 4. The number of sulfone groups is 1. The summed E-state index contributed by atoms with van der Waals surface area (Å²) < 4.78 is 26.2. The van der Waals surface area contributed by atoms with Gasteiger partial charge in [0.15, 0.2) is 15.6 Å². The Bertz CT molecular complexity index is 495. The number of Topliss-reactive ketones (excluding diaryl/α,β-unsaturated/α-hetero) is 1. The Balaban J connectivity index is 2.88. The van der Waals surface area contributed by atoms with Crippen molar-refractivity contribution in [3.8, 4) is 0 Å². The van der Waals surface area contributed by atoms with E-state index in [4.69, 9.17) is 5.11 Å². The highest BCUT2D eigenvalue weighted by atomic mass is 32.2. The zero-order valence-electron chi connectivity index (χ0n) is 7.76. The summed E-state index contributed by atoms with van der Waals surface area (Å²) in [7, 11) is -3.44. The quantitative estimate of drug-likeness (QED) is 0.744. The van der Waals surface area contributed by atoms with Gasteiger partial charge in [-0.3, -0.25) is 4.79 Å². The molecule has 0 aliphatic carbocycles. The molecule has 0 radical (unpaired) electrons. The molecule has 0 unspecified atom stereocenters. The van der Waals surface area contributed by atoms with E-state index < -0.39 is 33.1 Å². The van der Waals surface area contributed by atoms with Crippen LogP contribution in [-0.4, -0.2) is 37.3 Å². The Hall–Kier alpha value is -1.63. The highest BCUT2D eigenvalue weighted by Crippen LogP contribution is 2.09. The van der Waals surface area contributed by atoms with Crippen molar-refractivity contribution in [3.05, 3.63) is 23.7 Å². The van der Waals surface area contributed by atoms with E-state index in [2.05, 4.69) is 4.42 Å². The van der Waals surface area contributed by atoms with Gasteiger partial charge in [-0.1, -0.05) is 0 Å². The van der Waals surface area contributed by atoms with Gasteiger partial charge in [-0.2, -0.15) is 0 Å². The van der Waals surface area contributed by atoms with Gasteiger partial charge in [0.25, 0.3) is 0 Å². The summed E-state index contributed by atoms with van der Waals surface area (Å²) in [4.78, 5) is 21.6. The molecular weight excluding hydrogens is 224 g/mol. The normalized spacial score (nSPS) is 11.3. The van der Waals surface area contributed by atoms with E-state index >= 15 is 0 Å². The number of hydrogen-bond donors (Lipinski definition) is 1. The molecular formula is C8H8O6S. The minimum atomic E-state index is -3.44. The van der Waals surface area contributed by atoms with E-state index in [-0.39, 0.29) is 5.76 Å². The van der Waals surface area contributed by atoms with Crippen LogP contribution >= 0.6 is 0 Å². The number of hydrogen-bond acceptors (Lipinski definition) is 5. The Labute approximate surface area is 85.4 Å². The Morgan fingerprint density at radius 2 is 1.87 bits per heavy atom. The van der Waals surface area contributed by atoms with E-state index in [0.29, 0.717) is 0 Å². The summed E-state index contributed by atoms with van der Waals surface area (Å²) in [6.07, 6.45) is 0.909. The van der Waals surface area contributed by atoms with Crippen molar-refractivity contribution in [1.82, 2.24) is 0 Å². The van der Waals surface area contributed by atoms with Crippen LogP contribution in [0.1, 0.15) is 21.1 Å². The third-order valence-electron chi connectivity index (χ3n) is 1.48. The minimum absolute atomic E-state index is 0.266. The summed E-state index contributed by atoms with van der Waals surface area (Å²) in [5, 5.41) is 8.49. The lowest BCUT2D eigenvalue weighted by molar-refractivity contribution is 0.0660. The molecule has 7 heteroatoms. The van der Waals surface area contributed by atoms with Crippen molar-refractivity contribution in [2.75, 3.05) is 12.0 Å². The molecule has 0 spiro atoms. The maximum absolute atomic E-state index is 11.2. The second-order valence-corrected chi connectivity index (χ2v) is 5.10. The van der Waals surface area contributed by atoms with Gasteiger partial charge in [0.2, 0.25) is 11.5 Å². The van der Waals surface area contributed by atoms with Crippen molar-refractivity contribution in [1.29, 1.82) is 0 Å². The molecule has 0 aliphatic heterocycles. The molecule has 1 aromatic rings. The smallest absolute Gasteiger partial charge is 0.371 e. The predicted octanol–water partition coefficient (Wildman–Crippen LogP) is 0.205. The number of aromatic carboxylic acids is 1. The molecule has 0 atom stereocenters. The van der Waals surface area contributed by atoms with E-state index in [1.165, 1.54) is 0 Å². The zero-order valence-corrected chi connectivity index (χ0v) is 8.58. The van der Waals surface area contributed by atoms with Crippen LogP contribution in [0.25, 0.3) is 0 Å². The third-order valence-corrected chi connectivity index (χ3v) is 2.27. The second-order valence-electron chi connectivity index (χ2n) is 2.96. The summed E-state index contributed by atoms with van der Waals surface area (Å²) in [6, 6.07) is 2.23. The molecule has 82 valence electrons. The Morgan fingerprint density at radius 3 is 2.27 bits per heavy atom. The van der Waals surface area contributed by atoms with Crippen LogP contribution < -0.4 is 0 Å².